The van der Waals surface area contributed by atoms with E-state index in [0.717, 1.165) is 29.8 Å². The molecular weight excluding hydrogens is 703 g/mol. The molecule has 6 aromatic rings. The second kappa shape index (κ2) is 13.3. The summed E-state index contributed by atoms with van der Waals surface area (Å²) in [6.45, 7) is 28.2. The van der Waals surface area contributed by atoms with Gasteiger partial charge in [0.05, 0.1) is 5.39 Å². The van der Waals surface area contributed by atoms with E-state index in [1.807, 2.05) is 0 Å². The molecule has 4 aromatic carbocycles. The molecule has 2 atom stereocenters. The molecule has 0 amide bonds. The molecule has 4 heteroatoms. The molecule has 2 aromatic heterocycles. The number of anilines is 2. The Labute approximate surface area is 347 Å². The van der Waals surface area contributed by atoms with Crippen molar-refractivity contribution in [2.45, 2.75) is 113 Å². The fourth-order valence-electron chi connectivity index (χ4n) is 9.85. The fourth-order valence-corrected chi connectivity index (χ4v) is 9.85. The van der Waals surface area contributed by atoms with Gasteiger partial charge in [-0.05, 0) is 99.2 Å². The van der Waals surface area contributed by atoms with Gasteiger partial charge in [0.1, 0.15) is 5.58 Å². The number of nitrogens with zero attached hydrogens (tertiary/aromatic N) is 2. The maximum absolute atomic E-state index is 6.97. The summed E-state index contributed by atoms with van der Waals surface area (Å²) >= 11 is 0. The normalized spacial score (nSPS) is 18.3. The highest BCUT2D eigenvalue weighted by atomic mass is 16.3. The summed E-state index contributed by atoms with van der Waals surface area (Å²) in [6, 6.07) is 34.7. The predicted octanol–water partition coefficient (Wildman–Crippen LogP) is 13.7. The average molecular weight is 765 g/mol. The van der Waals surface area contributed by atoms with E-state index in [1.165, 1.54) is 66.7 Å². The molecule has 0 bridgehead atoms. The van der Waals surface area contributed by atoms with Gasteiger partial charge in [0.15, 0.2) is 0 Å². The van der Waals surface area contributed by atoms with E-state index in [1.54, 1.807) is 0 Å². The molecule has 296 valence electrons. The number of rotatable bonds is 4. The standard InChI is InChI=1S/C54H61BN2O/c1-51(2,3)34-17-23-38(24-18-34)55-44-30-29-41(56(39-25-19-35(20-26-39)52(4,5)6)40-27-21-36(22-28-40)53(7,8)9)33-46(44)57-49-43(31-37(32-45(49)55)54(10,11)12)48-42-15-13-14-16-47(42)58-50(48)57/h13-21,23-31,33,36,45H,22,32H2,1-12H3. The van der Waals surface area contributed by atoms with Crippen molar-refractivity contribution in [2.24, 2.45) is 16.7 Å². The maximum Gasteiger partial charge on any atom is 0.221 e. The average Bonchev–Trinajstić information content (AvgIpc) is 3.70. The smallest absolute Gasteiger partial charge is 0.221 e. The van der Waals surface area contributed by atoms with Crippen LogP contribution in [0.15, 0.2) is 125 Å². The molecule has 0 radical (unpaired) electrons. The monoisotopic (exact) mass is 764 g/mol. The quantitative estimate of drug-likeness (QED) is 0.167. The number of aromatic nitrogens is 1. The van der Waals surface area contributed by atoms with Gasteiger partial charge < -0.3 is 9.32 Å². The van der Waals surface area contributed by atoms with E-state index in [4.69, 9.17) is 4.42 Å². The molecule has 3 nitrogen and oxygen atoms in total. The Morgan fingerprint density at radius 3 is 1.95 bits per heavy atom. The van der Waals surface area contributed by atoms with E-state index in [2.05, 4.69) is 208 Å². The molecule has 3 aliphatic rings. The Hall–Kier alpha value is -4.96. The fraction of sp³-hybridized carbons (Fsp3) is 0.370. The van der Waals surface area contributed by atoms with Crippen LogP contribution in [-0.4, -0.2) is 11.3 Å². The lowest BCUT2D eigenvalue weighted by Gasteiger charge is -2.40. The SMILES string of the molecule is CC(C)(C)C1=Cc2c3n(c4oc5ccccc5c24)-c2cc(N(C4=CCC(C(C)(C)C)C=C4)c4ccc(C(C)(C)C)cc4)ccc2B(c2ccc(C(C)(C)C)cc2)C3C1. The number of fused-ring (bicyclic) bond motifs is 7. The minimum Gasteiger partial charge on any atom is -0.439 e. The third-order valence-corrected chi connectivity index (χ3v) is 13.5. The van der Waals surface area contributed by atoms with E-state index in [-0.39, 0.29) is 34.2 Å². The highest BCUT2D eigenvalue weighted by Gasteiger charge is 2.45. The molecule has 9 rings (SSSR count). The van der Waals surface area contributed by atoms with Gasteiger partial charge in [0.2, 0.25) is 12.4 Å². The van der Waals surface area contributed by atoms with Crippen LogP contribution in [0.3, 0.4) is 0 Å². The first-order valence-electron chi connectivity index (χ1n) is 21.6. The van der Waals surface area contributed by atoms with Gasteiger partial charge in [-0.2, -0.15) is 0 Å². The molecule has 2 aliphatic carbocycles. The minimum absolute atomic E-state index is 0.0344. The second-order valence-corrected chi connectivity index (χ2v) is 21.6. The van der Waals surface area contributed by atoms with Crippen molar-refractivity contribution in [3.05, 3.63) is 143 Å². The number of benzene rings is 4. The highest BCUT2D eigenvalue weighted by Crippen LogP contribution is 2.51. The number of furan rings is 1. The van der Waals surface area contributed by atoms with Gasteiger partial charge in [-0.3, -0.25) is 4.57 Å². The molecule has 0 fully saturated rings. The van der Waals surface area contributed by atoms with E-state index >= 15 is 0 Å². The van der Waals surface area contributed by atoms with Crippen LogP contribution in [-0.2, 0) is 10.8 Å². The zero-order valence-electron chi connectivity index (χ0n) is 36.9. The lowest BCUT2D eigenvalue weighted by molar-refractivity contribution is 0.293. The van der Waals surface area contributed by atoms with Crippen LogP contribution in [0.4, 0.5) is 11.4 Å². The van der Waals surface area contributed by atoms with Gasteiger partial charge in [-0.1, -0.05) is 173 Å². The van der Waals surface area contributed by atoms with Crippen molar-refractivity contribution in [3.63, 3.8) is 0 Å². The molecular formula is C54H61BN2O. The minimum atomic E-state index is 0.0344. The highest BCUT2D eigenvalue weighted by molar-refractivity contribution is 6.87. The summed E-state index contributed by atoms with van der Waals surface area (Å²) in [7, 11) is 0. The number of para-hydroxylation sites is 1. The topological polar surface area (TPSA) is 21.3 Å². The van der Waals surface area contributed by atoms with E-state index in [0.29, 0.717) is 5.92 Å². The van der Waals surface area contributed by atoms with Crippen LogP contribution < -0.4 is 15.8 Å². The predicted molar refractivity (Wildman–Crippen MR) is 250 cm³/mol. The molecule has 1 aliphatic heterocycles. The first-order valence-corrected chi connectivity index (χ1v) is 21.6. The largest absolute Gasteiger partial charge is 0.439 e. The third-order valence-electron chi connectivity index (χ3n) is 13.5. The Balaban J connectivity index is 1.31. The molecule has 0 N–H and O–H groups in total. The molecule has 0 spiro atoms. The Morgan fingerprint density at radius 2 is 1.34 bits per heavy atom. The summed E-state index contributed by atoms with van der Waals surface area (Å²) in [5.74, 6) is 0.750. The van der Waals surface area contributed by atoms with Crippen molar-refractivity contribution >= 4 is 57.2 Å². The first-order chi connectivity index (χ1) is 27.3. The lowest BCUT2D eigenvalue weighted by atomic mass is 9.30. The van der Waals surface area contributed by atoms with Crippen LogP contribution >= 0.6 is 0 Å². The van der Waals surface area contributed by atoms with Crippen LogP contribution in [0, 0.1) is 16.7 Å². The summed E-state index contributed by atoms with van der Waals surface area (Å²) < 4.78 is 9.49. The molecule has 58 heavy (non-hydrogen) atoms. The molecule has 0 saturated carbocycles. The van der Waals surface area contributed by atoms with Crippen molar-refractivity contribution in [1.82, 2.24) is 4.57 Å². The Morgan fingerprint density at radius 1 is 0.707 bits per heavy atom. The number of hydrogen-bond donors (Lipinski definition) is 0. The Bertz CT molecular complexity index is 2650. The van der Waals surface area contributed by atoms with Gasteiger partial charge >= 0.3 is 0 Å². The van der Waals surface area contributed by atoms with Gasteiger partial charge in [0, 0.05) is 39.4 Å². The Kier molecular flexibility index (Phi) is 8.83. The van der Waals surface area contributed by atoms with E-state index in [9.17, 15) is 0 Å². The maximum atomic E-state index is 6.97. The lowest BCUT2D eigenvalue weighted by Crippen LogP contribution is -2.53. The summed E-state index contributed by atoms with van der Waals surface area (Å²) in [5.41, 5.74) is 16.7. The molecule has 3 heterocycles. The third kappa shape index (κ3) is 6.43. The summed E-state index contributed by atoms with van der Waals surface area (Å²) in [5, 5.41) is 2.42. The summed E-state index contributed by atoms with van der Waals surface area (Å²) in [4.78, 5) is 2.48. The summed E-state index contributed by atoms with van der Waals surface area (Å²) in [6.07, 6.45) is 11.8. The van der Waals surface area contributed by atoms with Gasteiger partial charge in [-0.25, -0.2) is 0 Å². The molecule has 2 unspecified atom stereocenters. The van der Waals surface area contributed by atoms with Crippen molar-refractivity contribution in [2.75, 3.05) is 4.90 Å². The first kappa shape index (κ1) is 38.6. The van der Waals surface area contributed by atoms with Crippen molar-refractivity contribution in [3.8, 4) is 5.69 Å². The molecule has 0 saturated heterocycles. The number of allylic oxidation sites excluding steroid dienone is 4. The van der Waals surface area contributed by atoms with Gasteiger partial charge in [-0.15, -0.1) is 0 Å². The zero-order chi connectivity index (χ0) is 41.1. The van der Waals surface area contributed by atoms with E-state index < -0.39 is 0 Å². The van der Waals surface area contributed by atoms with Crippen LogP contribution in [0.5, 0.6) is 0 Å². The van der Waals surface area contributed by atoms with Gasteiger partial charge in [0.25, 0.3) is 0 Å². The zero-order valence-corrected chi connectivity index (χ0v) is 36.9. The second-order valence-electron chi connectivity index (χ2n) is 21.6. The van der Waals surface area contributed by atoms with Crippen LogP contribution in [0.25, 0.3) is 33.8 Å². The van der Waals surface area contributed by atoms with Crippen LogP contribution in [0.2, 0.25) is 0 Å². The van der Waals surface area contributed by atoms with Crippen LogP contribution in [0.1, 0.15) is 124 Å². The number of hydrogen-bond acceptors (Lipinski definition) is 2. The van der Waals surface area contributed by atoms with Crippen molar-refractivity contribution in [1.29, 1.82) is 0 Å². The van der Waals surface area contributed by atoms with Crippen molar-refractivity contribution < 1.29 is 4.42 Å².